The Kier molecular flexibility index (Phi) is 5.26. The maximum Gasteiger partial charge on any atom is 0.0465 e. The van der Waals surface area contributed by atoms with E-state index < -0.39 is 0 Å². The molecular weight excluding hydrogens is 277 g/mol. The molecule has 0 aliphatic heterocycles. The molecule has 0 saturated heterocycles. The molecule has 0 radical (unpaired) electrons. The minimum atomic E-state index is 0.671. The number of nitrogens with one attached hydrogen (secondary N) is 1. The Morgan fingerprint density at radius 1 is 0.895 bits per heavy atom. The van der Waals surface area contributed by atoms with Crippen LogP contribution in [-0.4, -0.2) is 0 Å². The zero-order valence-electron chi connectivity index (χ0n) is 10.9. The fourth-order valence-corrected chi connectivity index (χ4v) is 2.55. The third kappa shape index (κ3) is 3.97. The van der Waals surface area contributed by atoms with Crippen LogP contribution < -0.4 is 5.32 Å². The summed E-state index contributed by atoms with van der Waals surface area (Å²) in [6, 6.07) is 14.1. The van der Waals surface area contributed by atoms with Crippen molar-refractivity contribution in [2.45, 2.75) is 26.4 Å². The van der Waals surface area contributed by atoms with Crippen molar-refractivity contribution in [1.82, 2.24) is 5.32 Å². The van der Waals surface area contributed by atoms with Gasteiger partial charge < -0.3 is 5.32 Å². The second-order valence-electron chi connectivity index (χ2n) is 4.46. The highest BCUT2D eigenvalue weighted by atomic mass is 35.5. The lowest BCUT2D eigenvalue weighted by atomic mass is 10.1. The first-order chi connectivity index (χ1) is 9.20. The van der Waals surface area contributed by atoms with Crippen LogP contribution in [0.5, 0.6) is 0 Å². The summed E-state index contributed by atoms with van der Waals surface area (Å²) in [6.07, 6.45) is 1.06. The first-order valence-electron chi connectivity index (χ1n) is 6.42. The summed E-state index contributed by atoms with van der Waals surface area (Å²) in [5, 5.41) is 4.81. The van der Waals surface area contributed by atoms with E-state index in [1.54, 1.807) is 6.07 Å². The second-order valence-corrected chi connectivity index (χ2v) is 5.31. The molecule has 0 aliphatic rings. The lowest BCUT2D eigenvalue weighted by molar-refractivity contribution is 0.688. The largest absolute Gasteiger partial charge is 0.309 e. The number of benzene rings is 2. The lowest BCUT2D eigenvalue weighted by Crippen LogP contribution is -2.14. The molecule has 1 nitrogen and oxygen atoms in total. The molecule has 0 bridgehead atoms. The molecule has 0 aromatic heterocycles. The smallest absolute Gasteiger partial charge is 0.0465 e. The molecule has 100 valence electrons. The van der Waals surface area contributed by atoms with Gasteiger partial charge in [0.25, 0.3) is 0 Å². The van der Waals surface area contributed by atoms with Gasteiger partial charge in [-0.15, -0.1) is 0 Å². The van der Waals surface area contributed by atoms with Crippen molar-refractivity contribution >= 4 is 23.2 Å². The molecule has 0 atom stereocenters. The first kappa shape index (κ1) is 14.4. The van der Waals surface area contributed by atoms with E-state index in [1.165, 1.54) is 11.1 Å². The van der Waals surface area contributed by atoms with Gasteiger partial charge in [-0.05, 0) is 35.2 Å². The van der Waals surface area contributed by atoms with Gasteiger partial charge in [0.15, 0.2) is 0 Å². The fourth-order valence-electron chi connectivity index (χ4n) is 2.07. The minimum absolute atomic E-state index is 0.671. The Bertz CT molecular complexity index is 552. The Balaban J connectivity index is 1.96. The summed E-state index contributed by atoms with van der Waals surface area (Å²) < 4.78 is 0. The molecule has 0 amide bonds. The molecule has 0 fully saturated rings. The molecule has 2 aromatic rings. The van der Waals surface area contributed by atoms with Crippen LogP contribution in [0, 0.1) is 0 Å². The third-order valence-corrected chi connectivity index (χ3v) is 3.73. The molecule has 0 saturated carbocycles. The molecule has 0 heterocycles. The van der Waals surface area contributed by atoms with E-state index in [9.17, 15) is 0 Å². The van der Waals surface area contributed by atoms with Crippen LogP contribution in [0.4, 0.5) is 0 Å². The van der Waals surface area contributed by atoms with Crippen LogP contribution in [0.3, 0.4) is 0 Å². The van der Waals surface area contributed by atoms with E-state index in [1.807, 2.05) is 12.1 Å². The van der Waals surface area contributed by atoms with Gasteiger partial charge in [0.2, 0.25) is 0 Å². The molecular formula is C16H17Cl2N. The lowest BCUT2D eigenvalue weighted by Gasteiger charge is -2.10. The number of hydrogen-bond donors (Lipinski definition) is 1. The predicted molar refractivity (Wildman–Crippen MR) is 82.8 cm³/mol. The van der Waals surface area contributed by atoms with Crippen LogP contribution in [0.15, 0.2) is 42.5 Å². The molecule has 2 aromatic carbocycles. The van der Waals surface area contributed by atoms with Crippen molar-refractivity contribution in [2.24, 2.45) is 0 Å². The predicted octanol–water partition coefficient (Wildman–Crippen LogP) is 4.85. The van der Waals surface area contributed by atoms with E-state index >= 15 is 0 Å². The molecule has 2 rings (SSSR count). The van der Waals surface area contributed by atoms with Gasteiger partial charge in [0, 0.05) is 23.1 Å². The molecule has 3 heteroatoms. The van der Waals surface area contributed by atoms with Gasteiger partial charge in [-0.3, -0.25) is 0 Å². The summed E-state index contributed by atoms with van der Waals surface area (Å²) >= 11 is 12.0. The third-order valence-electron chi connectivity index (χ3n) is 3.15. The number of halogens is 2. The van der Waals surface area contributed by atoms with E-state index in [0.29, 0.717) is 10.0 Å². The maximum atomic E-state index is 6.15. The van der Waals surface area contributed by atoms with Crippen molar-refractivity contribution in [3.8, 4) is 0 Å². The van der Waals surface area contributed by atoms with E-state index in [-0.39, 0.29) is 0 Å². The first-order valence-corrected chi connectivity index (χ1v) is 7.17. The SMILES string of the molecule is CCc1ccccc1CNCc1ccc(Cl)cc1Cl. The molecule has 0 unspecified atom stereocenters. The van der Waals surface area contributed by atoms with Gasteiger partial charge in [-0.1, -0.05) is 60.5 Å². The summed E-state index contributed by atoms with van der Waals surface area (Å²) in [6.45, 7) is 3.77. The maximum absolute atomic E-state index is 6.15. The Labute approximate surface area is 124 Å². The highest BCUT2D eigenvalue weighted by Crippen LogP contribution is 2.21. The highest BCUT2D eigenvalue weighted by molar-refractivity contribution is 6.35. The van der Waals surface area contributed by atoms with Crippen molar-refractivity contribution in [3.05, 3.63) is 69.2 Å². The summed E-state index contributed by atoms with van der Waals surface area (Å²) in [5.74, 6) is 0. The standard InChI is InChI=1S/C16H17Cl2N/c1-2-12-5-3-4-6-13(12)10-19-11-14-7-8-15(17)9-16(14)18/h3-9,19H,2,10-11H2,1H3. The average Bonchev–Trinajstić information content (AvgIpc) is 2.42. The topological polar surface area (TPSA) is 12.0 Å². The minimum Gasteiger partial charge on any atom is -0.309 e. The number of rotatable bonds is 5. The van der Waals surface area contributed by atoms with Crippen LogP contribution >= 0.6 is 23.2 Å². The van der Waals surface area contributed by atoms with Crippen LogP contribution in [0.2, 0.25) is 10.0 Å². The summed E-state index contributed by atoms with van der Waals surface area (Å²) in [5.41, 5.74) is 3.80. The normalized spacial score (nSPS) is 10.7. The van der Waals surface area contributed by atoms with Gasteiger partial charge in [-0.25, -0.2) is 0 Å². The Hall–Kier alpha value is -1.02. The van der Waals surface area contributed by atoms with E-state index in [2.05, 4.69) is 36.5 Å². The molecule has 19 heavy (non-hydrogen) atoms. The monoisotopic (exact) mass is 293 g/mol. The molecule has 0 aliphatic carbocycles. The van der Waals surface area contributed by atoms with Gasteiger partial charge in [0.1, 0.15) is 0 Å². The van der Waals surface area contributed by atoms with Gasteiger partial charge in [0.05, 0.1) is 0 Å². The van der Waals surface area contributed by atoms with Gasteiger partial charge in [-0.2, -0.15) is 0 Å². The average molecular weight is 294 g/mol. The zero-order valence-corrected chi connectivity index (χ0v) is 12.4. The summed E-state index contributed by atoms with van der Waals surface area (Å²) in [7, 11) is 0. The number of aryl methyl sites for hydroxylation is 1. The van der Waals surface area contributed by atoms with Crippen LogP contribution in [-0.2, 0) is 19.5 Å². The Morgan fingerprint density at radius 2 is 1.58 bits per heavy atom. The Morgan fingerprint density at radius 3 is 2.26 bits per heavy atom. The quantitative estimate of drug-likeness (QED) is 0.831. The van der Waals surface area contributed by atoms with Crippen LogP contribution in [0.1, 0.15) is 23.6 Å². The number of hydrogen-bond acceptors (Lipinski definition) is 1. The van der Waals surface area contributed by atoms with Crippen molar-refractivity contribution in [1.29, 1.82) is 0 Å². The zero-order chi connectivity index (χ0) is 13.7. The second kappa shape index (κ2) is 6.95. The van der Waals surface area contributed by atoms with Crippen molar-refractivity contribution < 1.29 is 0 Å². The van der Waals surface area contributed by atoms with Gasteiger partial charge >= 0.3 is 0 Å². The van der Waals surface area contributed by atoms with E-state index in [0.717, 1.165) is 25.1 Å². The molecule has 0 spiro atoms. The summed E-state index contributed by atoms with van der Waals surface area (Å²) in [4.78, 5) is 0. The fraction of sp³-hybridized carbons (Fsp3) is 0.250. The van der Waals surface area contributed by atoms with E-state index in [4.69, 9.17) is 23.2 Å². The molecule has 1 N–H and O–H groups in total. The highest BCUT2D eigenvalue weighted by Gasteiger charge is 2.02. The van der Waals surface area contributed by atoms with Crippen LogP contribution in [0.25, 0.3) is 0 Å². The van der Waals surface area contributed by atoms with Crippen molar-refractivity contribution in [2.75, 3.05) is 0 Å². The van der Waals surface area contributed by atoms with Crippen molar-refractivity contribution in [3.63, 3.8) is 0 Å².